The number of anilines is 1. The first-order valence-corrected chi connectivity index (χ1v) is 6.52. The average Bonchev–Trinajstić information content (AvgIpc) is 2.87. The Morgan fingerprint density at radius 2 is 1.86 bits per heavy atom. The predicted molar refractivity (Wildman–Crippen MR) is 81.0 cm³/mol. The minimum atomic E-state index is -0.527. The molecule has 1 aromatic carbocycles. The van der Waals surface area contributed by atoms with Crippen molar-refractivity contribution in [3.63, 3.8) is 0 Å². The molecule has 21 heavy (non-hydrogen) atoms. The van der Waals surface area contributed by atoms with Crippen molar-refractivity contribution in [2.45, 2.75) is 13.8 Å². The van der Waals surface area contributed by atoms with Gasteiger partial charge in [-0.15, -0.1) is 0 Å². The van der Waals surface area contributed by atoms with Crippen LogP contribution in [0.1, 0.15) is 21.6 Å². The summed E-state index contributed by atoms with van der Waals surface area (Å²) >= 11 is 0. The summed E-state index contributed by atoms with van der Waals surface area (Å²) in [5.41, 5.74) is 3.34. The van der Waals surface area contributed by atoms with Gasteiger partial charge >= 0.3 is 0 Å². The molecule has 6 heteroatoms. The van der Waals surface area contributed by atoms with E-state index in [1.54, 1.807) is 0 Å². The van der Waals surface area contributed by atoms with Crippen LogP contribution in [0.25, 0.3) is 0 Å². The molecule has 0 amide bonds. The van der Waals surface area contributed by atoms with Crippen LogP contribution in [0.5, 0.6) is 0 Å². The van der Waals surface area contributed by atoms with Crippen molar-refractivity contribution < 1.29 is 9.72 Å². The van der Waals surface area contributed by atoms with Gasteiger partial charge in [0.2, 0.25) is 0 Å². The molecular formula is C15H17N3O3. The van der Waals surface area contributed by atoms with Crippen LogP contribution in [0.15, 0.2) is 30.5 Å². The average molecular weight is 287 g/mol. The highest BCUT2D eigenvalue weighted by atomic mass is 16.6. The van der Waals surface area contributed by atoms with E-state index in [9.17, 15) is 14.9 Å². The van der Waals surface area contributed by atoms with Crippen molar-refractivity contribution in [1.82, 2.24) is 4.98 Å². The Hall–Kier alpha value is -2.63. The van der Waals surface area contributed by atoms with E-state index in [0.717, 1.165) is 16.8 Å². The molecule has 0 radical (unpaired) electrons. The molecule has 0 saturated heterocycles. The highest BCUT2D eigenvalue weighted by Crippen LogP contribution is 2.18. The second-order valence-electron chi connectivity index (χ2n) is 5.15. The van der Waals surface area contributed by atoms with Crippen LogP contribution in [0.2, 0.25) is 0 Å². The number of likely N-dealkylation sites (N-methyl/N-ethyl adjacent to an activating group) is 1. The molecule has 0 saturated carbocycles. The zero-order valence-corrected chi connectivity index (χ0v) is 12.2. The summed E-state index contributed by atoms with van der Waals surface area (Å²) in [6, 6.07) is 7.32. The number of nitro groups is 1. The van der Waals surface area contributed by atoms with Gasteiger partial charge in [-0.05, 0) is 37.1 Å². The highest BCUT2D eigenvalue weighted by molar-refractivity contribution is 5.98. The number of Topliss-reactive ketones (excluding diaryl/α,β-unsaturated/α-hetero) is 1. The smallest absolute Gasteiger partial charge is 0.287 e. The number of rotatable bonds is 5. The lowest BCUT2D eigenvalue weighted by Crippen LogP contribution is -2.25. The lowest BCUT2D eigenvalue weighted by atomic mass is 10.1. The molecule has 0 atom stereocenters. The first kappa shape index (κ1) is 14.8. The number of H-pyrrole nitrogens is 1. The van der Waals surface area contributed by atoms with E-state index >= 15 is 0 Å². The fourth-order valence-corrected chi connectivity index (χ4v) is 2.21. The lowest BCUT2D eigenvalue weighted by Gasteiger charge is -2.19. The molecule has 1 heterocycles. The van der Waals surface area contributed by atoms with Crippen LogP contribution in [-0.2, 0) is 0 Å². The number of hydrogen-bond donors (Lipinski definition) is 1. The molecule has 1 N–H and O–H groups in total. The van der Waals surface area contributed by atoms with Crippen LogP contribution in [0.3, 0.4) is 0 Å². The maximum atomic E-state index is 12.1. The van der Waals surface area contributed by atoms with Crippen LogP contribution < -0.4 is 4.90 Å². The van der Waals surface area contributed by atoms with Gasteiger partial charge in [0, 0.05) is 18.8 Å². The normalized spacial score (nSPS) is 10.4. The molecular weight excluding hydrogens is 270 g/mol. The number of nitrogens with zero attached hydrogens (tertiary/aromatic N) is 2. The summed E-state index contributed by atoms with van der Waals surface area (Å²) in [6.45, 7) is 4.15. The number of benzene rings is 1. The Balaban J connectivity index is 2.12. The van der Waals surface area contributed by atoms with Crippen molar-refractivity contribution in [2.75, 3.05) is 18.5 Å². The molecule has 0 fully saturated rings. The zero-order valence-electron chi connectivity index (χ0n) is 12.2. The minimum absolute atomic E-state index is 0.104. The molecule has 0 spiro atoms. The van der Waals surface area contributed by atoms with E-state index in [4.69, 9.17) is 0 Å². The topological polar surface area (TPSA) is 79.2 Å². The van der Waals surface area contributed by atoms with Gasteiger partial charge in [0.1, 0.15) is 0 Å². The molecule has 0 aliphatic heterocycles. The molecule has 110 valence electrons. The quantitative estimate of drug-likeness (QED) is 0.521. The molecule has 0 aliphatic rings. The van der Waals surface area contributed by atoms with Crippen molar-refractivity contribution in [3.8, 4) is 0 Å². The van der Waals surface area contributed by atoms with Gasteiger partial charge in [-0.25, -0.2) is 0 Å². The third-order valence-electron chi connectivity index (χ3n) is 3.21. The van der Waals surface area contributed by atoms with E-state index in [2.05, 4.69) is 11.1 Å². The van der Waals surface area contributed by atoms with E-state index < -0.39 is 4.92 Å². The van der Waals surface area contributed by atoms with Crippen LogP contribution in [0, 0.1) is 24.0 Å². The Morgan fingerprint density at radius 1 is 1.24 bits per heavy atom. The van der Waals surface area contributed by atoms with Gasteiger partial charge in [-0.3, -0.25) is 14.9 Å². The van der Waals surface area contributed by atoms with E-state index in [1.165, 1.54) is 12.3 Å². The Labute approximate surface area is 122 Å². The second kappa shape index (κ2) is 5.78. The highest BCUT2D eigenvalue weighted by Gasteiger charge is 2.16. The van der Waals surface area contributed by atoms with E-state index in [-0.39, 0.29) is 23.7 Å². The number of aromatic amines is 1. The molecule has 2 rings (SSSR count). The minimum Gasteiger partial charge on any atom is -0.367 e. The first-order chi connectivity index (χ1) is 9.86. The SMILES string of the molecule is Cc1cc(C)cc(N(C)CC(=O)c2cc([N+](=O)[O-])c[nH]2)c1. The maximum absolute atomic E-state index is 12.1. The van der Waals surface area contributed by atoms with E-state index in [1.807, 2.05) is 37.9 Å². The van der Waals surface area contributed by atoms with Gasteiger partial charge in [-0.2, -0.15) is 0 Å². The molecule has 0 aliphatic carbocycles. The second-order valence-corrected chi connectivity index (χ2v) is 5.15. The number of nitrogens with one attached hydrogen (secondary N) is 1. The first-order valence-electron chi connectivity index (χ1n) is 6.52. The van der Waals surface area contributed by atoms with E-state index in [0.29, 0.717) is 0 Å². The molecule has 6 nitrogen and oxygen atoms in total. The number of hydrogen-bond acceptors (Lipinski definition) is 4. The largest absolute Gasteiger partial charge is 0.367 e. The summed E-state index contributed by atoms with van der Waals surface area (Å²) in [5, 5.41) is 10.6. The van der Waals surface area contributed by atoms with Crippen molar-refractivity contribution in [3.05, 3.63) is 57.4 Å². The van der Waals surface area contributed by atoms with Crippen molar-refractivity contribution >= 4 is 17.2 Å². The van der Waals surface area contributed by atoms with Crippen molar-refractivity contribution in [2.24, 2.45) is 0 Å². The van der Waals surface area contributed by atoms with Gasteiger partial charge in [0.05, 0.1) is 23.4 Å². The standard InChI is InChI=1S/C15H17N3O3/c1-10-4-11(2)6-12(5-10)17(3)9-15(19)14-7-13(8-16-14)18(20)21/h4-8,16H,9H2,1-3H3. The van der Waals surface area contributed by atoms with Crippen molar-refractivity contribution in [1.29, 1.82) is 0 Å². The number of aromatic nitrogens is 1. The monoisotopic (exact) mass is 287 g/mol. The van der Waals surface area contributed by atoms with Gasteiger partial charge in [0.15, 0.2) is 5.78 Å². The molecule has 0 unspecified atom stereocenters. The number of carbonyl (C=O) groups is 1. The summed E-state index contributed by atoms with van der Waals surface area (Å²) in [7, 11) is 1.82. The Kier molecular flexibility index (Phi) is 4.07. The Bertz CT molecular complexity index is 671. The fourth-order valence-electron chi connectivity index (χ4n) is 2.21. The predicted octanol–water partition coefficient (Wildman–Crippen LogP) is 2.86. The summed E-state index contributed by atoms with van der Waals surface area (Å²) in [5.74, 6) is -0.190. The summed E-state index contributed by atoms with van der Waals surface area (Å²) in [4.78, 5) is 26.7. The van der Waals surface area contributed by atoms with Gasteiger partial charge < -0.3 is 9.88 Å². The number of carbonyl (C=O) groups excluding carboxylic acids is 1. The van der Waals surface area contributed by atoms with Crippen LogP contribution in [-0.4, -0.2) is 29.3 Å². The third kappa shape index (κ3) is 3.47. The molecule has 1 aromatic heterocycles. The molecule has 0 bridgehead atoms. The maximum Gasteiger partial charge on any atom is 0.287 e. The lowest BCUT2D eigenvalue weighted by molar-refractivity contribution is -0.384. The molecule has 2 aromatic rings. The van der Waals surface area contributed by atoms with Gasteiger partial charge in [-0.1, -0.05) is 6.07 Å². The van der Waals surface area contributed by atoms with Crippen LogP contribution >= 0.6 is 0 Å². The van der Waals surface area contributed by atoms with Crippen LogP contribution in [0.4, 0.5) is 11.4 Å². The fraction of sp³-hybridized carbons (Fsp3) is 0.267. The number of ketones is 1. The summed E-state index contributed by atoms with van der Waals surface area (Å²) < 4.78 is 0. The third-order valence-corrected chi connectivity index (χ3v) is 3.21. The zero-order chi connectivity index (χ0) is 15.6. The Morgan fingerprint density at radius 3 is 2.38 bits per heavy atom. The summed E-state index contributed by atoms with van der Waals surface area (Å²) in [6.07, 6.45) is 1.23. The number of aryl methyl sites for hydroxylation is 2. The van der Waals surface area contributed by atoms with Gasteiger partial charge in [0.25, 0.3) is 5.69 Å².